The Hall–Kier alpha value is -3.63. The van der Waals surface area contributed by atoms with Gasteiger partial charge < -0.3 is 15.0 Å². The first-order valence-corrected chi connectivity index (χ1v) is 14.3. The predicted molar refractivity (Wildman–Crippen MR) is 153 cm³/mol. The summed E-state index contributed by atoms with van der Waals surface area (Å²) < 4.78 is 47.3. The van der Waals surface area contributed by atoms with Crippen LogP contribution in [0.1, 0.15) is 33.3 Å². The van der Waals surface area contributed by atoms with Gasteiger partial charge in [0.05, 0.1) is 17.7 Å². The molecule has 11 heteroatoms. The second-order valence-corrected chi connectivity index (χ2v) is 12.5. The summed E-state index contributed by atoms with van der Waals surface area (Å²) in [5.74, 6) is -1.04. The maximum Gasteiger partial charge on any atom is 0.264 e. The van der Waals surface area contributed by atoms with Gasteiger partial charge in [0.1, 0.15) is 24.2 Å². The van der Waals surface area contributed by atoms with Crippen LogP contribution in [0.2, 0.25) is 5.02 Å². The summed E-state index contributed by atoms with van der Waals surface area (Å²) in [5.41, 5.74) is 0.170. The standard InChI is InChI=1S/C29H33ClFN3O5S/c1-20(28(36)32-29(2,3)4)33(18-21-9-11-23(31)12-10-21)27(35)19-34(24-8-6-7-22(30)17-24)40(37,38)26-15-13-25(39-5)14-16-26/h6-17,20H,18-19H2,1-5H3,(H,32,36). The van der Waals surface area contributed by atoms with Gasteiger partial charge in [-0.25, -0.2) is 12.8 Å². The third kappa shape index (κ3) is 7.95. The van der Waals surface area contributed by atoms with Gasteiger partial charge in [-0.15, -0.1) is 0 Å². The number of nitrogens with zero attached hydrogens (tertiary/aromatic N) is 2. The van der Waals surface area contributed by atoms with E-state index in [0.29, 0.717) is 11.3 Å². The summed E-state index contributed by atoms with van der Waals surface area (Å²) >= 11 is 6.18. The van der Waals surface area contributed by atoms with E-state index in [1.54, 1.807) is 19.1 Å². The van der Waals surface area contributed by atoms with Crippen LogP contribution < -0.4 is 14.4 Å². The molecule has 0 aliphatic carbocycles. The van der Waals surface area contributed by atoms with Crippen LogP contribution in [0.15, 0.2) is 77.7 Å². The van der Waals surface area contributed by atoms with E-state index in [9.17, 15) is 22.4 Å². The smallest absolute Gasteiger partial charge is 0.264 e. The molecule has 8 nitrogen and oxygen atoms in total. The van der Waals surface area contributed by atoms with Crippen molar-refractivity contribution in [2.45, 2.75) is 50.7 Å². The molecule has 40 heavy (non-hydrogen) atoms. The van der Waals surface area contributed by atoms with Gasteiger partial charge in [0, 0.05) is 17.1 Å². The van der Waals surface area contributed by atoms with Gasteiger partial charge >= 0.3 is 0 Å². The Bertz CT molecular complexity index is 1440. The Morgan fingerprint density at radius 1 is 1.02 bits per heavy atom. The summed E-state index contributed by atoms with van der Waals surface area (Å²) in [6.45, 7) is 6.32. The van der Waals surface area contributed by atoms with E-state index < -0.39 is 45.8 Å². The predicted octanol–water partition coefficient (Wildman–Crippen LogP) is 5.02. The van der Waals surface area contributed by atoms with Gasteiger partial charge in [-0.1, -0.05) is 29.8 Å². The van der Waals surface area contributed by atoms with Gasteiger partial charge in [-0.3, -0.25) is 13.9 Å². The van der Waals surface area contributed by atoms with Crippen molar-refractivity contribution < 1.29 is 27.1 Å². The molecule has 0 spiro atoms. The average molecular weight is 590 g/mol. The normalized spacial score (nSPS) is 12.4. The van der Waals surface area contributed by atoms with Crippen LogP contribution in [0.5, 0.6) is 5.75 Å². The highest BCUT2D eigenvalue weighted by Gasteiger charge is 2.33. The van der Waals surface area contributed by atoms with Crippen molar-refractivity contribution >= 4 is 39.1 Å². The SMILES string of the molecule is COc1ccc(S(=O)(=O)N(CC(=O)N(Cc2ccc(F)cc2)C(C)C(=O)NC(C)(C)C)c2cccc(Cl)c2)cc1. The van der Waals surface area contributed by atoms with Crippen LogP contribution in [-0.2, 0) is 26.2 Å². The second kappa shape index (κ2) is 12.7. The fourth-order valence-corrected chi connectivity index (χ4v) is 5.47. The van der Waals surface area contributed by atoms with Gasteiger partial charge in [0.25, 0.3) is 10.0 Å². The third-order valence-corrected chi connectivity index (χ3v) is 7.98. The van der Waals surface area contributed by atoms with E-state index in [1.807, 2.05) is 20.8 Å². The molecule has 3 aromatic rings. The minimum Gasteiger partial charge on any atom is -0.497 e. The summed E-state index contributed by atoms with van der Waals surface area (Å²) in [5, 5.41) is 3.13. The molecule has 1 unspecified atom stereocenters. The highest BCUT2D eigenvalue weighted by molar-refractivity contribution is 7.92. The molecule has 1 atom stereocenters. The van der Waals surface area contributed by atoms with Crippen molar-refractivity contribution in [3.05, 3.63) is 89.2 Å². The number of carbonyl (C=O) groups excluding carboxylic acids is 2. The lowest BCUT2D eigenvalue weighted by Gasteiger charge is -2.33. The lowest BCUT2D eigenvalue weighted by Crippen LogP contribution is -2.54. The zero-order valence-electron chi connectivity index (χ0n) is 23.0. The number of rotatable bonds is 10. The summed E-state index contributed by atoms with van der Waals surface area (Å²) in [7, 11) is -2.79. The van der Waals surface area contributed by atoms with Crippen LogP contribution in [-0.4, -0.2) is 50.4 Å². The van der Waals surface area contributed by atoms with Crippen LogP contribution in [0, 0.1) is 5.82 Å². The lowest BCUT2D eigenvalue weighted by molar-refractivity contribution is -0.140. The fraction of sp³-hybridized carbons (Fsp3) is 0.310. The lowest BCUT2D eigenvalue weighted by atomic mass is 10.1. The number of amides is 2. The molecule has 0 saturated carbocycles. The first kappa shape index (κ1) is 30.9. The van der Waals surface area contributed by atoms with Crippen LogP contribution >= 0.6 is 11.6 Å². The Balaban J connectivity index is 2.03. The minimum atomic E-state index is -4.26. The largest absolute Gasteiger partial charge is 0.497 e. The molecular formula is C29H33ClFN3O5S. The maximum absolute atomic E-state index is 13.9. The molecule has 1 N–H and O–H groups in total. The first-order chi connectivity index (χ1) is 18.7. The van der Waals surface area contributed by atoms with Crippen LogP contribution in [0.25, 0.3) is 0 Å². The van der Waals surface area contributed by atoms with E-state index >= 15 is 0 Å². The highest BCUT2D eigenvalue weighted by Crippen LogP contribution is 2.28. The molecule has 3 rings (SSSR count). The van der Waals surface area contributed by atoms with Crippen molar-refractivity contribution in [1.82, 2.24) is 10.2 Å². The van der Waals surface area contributed by atoms with E-state index in [1.165, 1.54) is 72.7 Å². The van der Waals surface area contributed by atoms with Gasteiger partial charge in [-0.05, 0) is 87.9 Å². The van der Waals surface area contributed by atoms with E-state index in [4.69, 9.17) is 16.3 Å². The monoisotopic (exact) mass is 589 g/mol. The Morgan fingerprint density at radius 3 is 2.20 bits per heavy atom. The molecule has 0 aliphatic heterocycles. The number of benzene rings is 3. The molecule has 0 aliphatic rings. The quantitative estimate of drug-likeness (QED) is 0.358. The molecule has 214 valence electrons. The number of carbonyl (C=O) groups is 2. The van der Waals surface area contributed by atoms with Gasteiger partial charge in [0.2, 0.25) is 11.8 Å². The molecular weight excluding hydrogens is 557 g/mol. The summed E-state index contributed by atoms with van der Waals surface area (Å²) in [6.07, 6.45) is 0. The molecule has 0 radical (unpaired) electrons. The Labute approximate surface area is 239 Å². The molecule has 3 aromatic carbocycles. The molecule has 0 saturated heterocycles. The van der Waals surface area contributed by atoms with Crippen molar-refractivity contribution in [1.29, 1.82) is 0 Å². The average Bonchev–Trinajstić information content (AvgIpc) is 2.89. The van der Waals surface area contributed by atoms with Crippen LogP contribution in [0.3, 0.4) is 0 Å². The van der Waals surface area contributed by atoms with Gasteiger partial charge in [0.15, 0.2) is 0 Å². The van der Waals surface area contributed by atoms with E-state index in [2.05, 4.69) is 5.32 Å². The number of ether oxygens (including phenoxy) is 1. The number of anilines is 1. The molecule has 0 heterocycles. The van der Waals surface area contributed by atoms with Crippen molar-refractivity contribution in [3.63, 3.8) is 0 Å². The number of hydrogen-bond donors (Lipinski definition) is 1. The third-order valence-electron chi connectivity index (χ3n) is 5.95. The fourth-order valence-electron chi connectivity index (χ4n) is 3.88. The van der Waals surface area contributed by atoms with Crippen LogP contribution in [0.4, 0.5) is 10.1 Å². The highest BCUT2D eigenvalue weighted by atomic mass is 35.5. The van der Waals surface area contributed by atoms with E-state index in [-0.39, 0.29) is 22.2 Å². The molecule has 0 fully saturated rings. The zero-order valence-corrected chi connectivity index (χ0v) is 24.6. The summed E-state index contributed by atoms with van der Waals surface area (Å²) in [6, 6.07) is 16.5. The first-order valence-electron chi connectivity index (χ1n) is 12.5. The van der Waals surface area contributed by atoms with Crippen molar-refractivity contribution in [3.8, 4) is 5.75 Å². The summed E-state index contributed by atoms with van der Waals surface area (Å²) in [4.78, 5) is 28.2. The van der Waals surface area contributed by atoms with Crippen molar-refractivity contribution in [2.75, 3.05) is 18.0 Å². The molecule has 2 amide bonds. The Kier molecular flexibility index (Phi) is 9.81. The zero-order chi connectivity index (χ0) is 29.7. The Morgan fingerprint density at radius 2 is 1.65 bits per heavy atom. The molecule has 0 aromatic heterocycles. The number of halogens is 2. The maximum atomic E-state index is 13.9. The number of hydrogen-bond acceptors (Lipinski definition) is 5. The van der Waals surface area contributed by atoms with E-state index in [0.717, 1.165) is 4.31 Å². The number of methoxy groups -OCH3 is 1. The number of nitrogens with one attached hydrogen (secondary N) is 1. The number of sulfonamides is 1. The second-order valence-electron chi connectivity index (χ2n) is 10.2. The topological polar surface area (TPSA) is 96.0 Å². The van der Waals surface area contributed by atoms with Gasteiger partial charge in [-0.2, -0.15) is 0 Å². The molecule has 0 bridgehead atoms. The van der Waals surface area contributed by atoms with Crippen molar-refractivity contribution in [2.24, 2.45) is 0 Å². The minimum absolute atomic E-state index is 0.0518.